The number of rotatable bonds is 4. The predicted molar refractivity (Wildman–Crippen MR) is 108 cm³/mol. The first-order valence-corrected chi connectivity index (χ1v) is 10.6. The fraction of sp³-hybridized carbons (Fsp3) is 0.458. The van der Waals surface area contributed by atoms with Crippen LogP contribution in [0.25, 0.3) is 0 Å². The summed E-state index contributed by atoms with van der Waals surface area (Å²) in [5, 5.41) is 2.97. The Kier molecular flexibility index (Phi) is 5.75. The number of benzene rings is 2. The Balaban J connectivity index is 1.64. The van der Waals surface area contributed by atoms with Crippen molar-refractivity contribution in [2.75, 3.05) is 6.61 Å². The summed E-state index contributed by atoms with van der Waals surface area (Å²) < 4.78 is 85.1. The Morgan fingerprint density at radius 1 is 0.909 bits per heavy atom. The lowest BCUT2D eigenvalue weighted by molar-refractivity contribution is -0.143. The zero-order valence-corrected chi connectivity index (χ0v) is 17.8. The zero-order valence-electron chi connectivity index (χ0n) is 17.8. The lowest BCUT2D eigenvalue weighted by atomic mass is 9.72. The summed E-state index contributed by atoms with van der Waals surface area (Å²) in [6.45, 7) is 1.98. The van der Waals surface area contributed by atoms with Crippen LogP contribution in [-0.2, 0) is 27.4 Å². The molecule has 3 nitrogen and oxygen atoms in total. The molecule has 1 saturated heterocycles. The molecule has 0 radical (unpaired) electrons. The van der Waals surface area contributed by atoms with Crippen LogP contribution in [0.3, 0.4) is 0 Å². The molecule has 2 aliphatic rings. The van der Waals surface area contributed by atoms with Gasteiger partial charge in [0.05, 0.1) is 34.8 Å². The highest BCUT2D eigenvalue weighted by Gasteiger charge is 2.52. The molecule has 2 aromatic rings. The van der Waals surface area contributed by atoms with Gasteiger partial charge < -0.3 is 10.1 Å². The van der Waals surface area contributed by atoms with Crippen LogP contribution in [0, 0.1) is 0 Å². The molecule has 2 aromatic carbocycles. The third-order valence-electron chi connectivity index (χ3n) is 6.76. The molecule has 0 aromatic heterocycles. The van der Waals surface area contributed by atoms with Crippen molar-refractivity contribution < 1.29 is 35.9 Å². The van der Waals surface area contributed by atoms with Crippen LogP contribution in [0.2, 0.25) is 0 Å². The van der Waals surface area contributed by atoms with E-state index in [0.717, 1.165) is 5.56 Å². The Bertz CT molecular complexity index is 985. The number of amides is 1. The third kappa shape index (κ3) is 4.88. The minimum Gasteiger partial charge on any atom is -0.370 e. The van der Waals surface area contributed by atoms with Gasteiger partial charge in [-0.15, -0.1) is 0 Å². The number of nitrogens with one attached hydrogen (secondary N) is 1. The minimum absolute atomic E-state index is 0.0653. The van der Waals surface area contributed by atoms with E-state index in [1.807, 2.05) is 30.3 Å². The van der Waals surface area contributed by atoms with Crippen molar-refractivity contribution in [2.24, 2.45) is 0 Å². The van der Waals surface area contributed by atoms with Crippen molar-refractivity contribution in [3.8, 4) is 0 Å². The second kappa shape index (κ2) is 8.04. The van der Waals surface area contributed by atoms with Crippen LogP contribution in [0.5, 0.6) is 0 Å². The summed E-state index contributed by atoms with van der Waals surface area (Å²) in [6, 6.07) is 10.5. The number of carbonyl (C=O) groups excluding carboxylic acids is 1. The van der Waals surface area contributed by atoms with Gasteiger partial charge in [0.1, 0.15) is 0 Å². The molecule has 1 unspecified atom stereocenters. The predicted octanol–water partition coefficient (Wildman–Crippen LogP) is 6.18. The van der Waals surface area contributed by atoms with Crippen LogP contribution >= 0.6 is 0 Å². The van der Waals surface area contributed by atoms with Crippen LogP contribution in [0.1, 0.15) is 60.8 Å². The highest BCUT2D eigenvalue weighted by Crippen LogP contribution is 2.49. The van der Waals surface area contributed by atoms with Gasteiger partial charge in [0, 0.05) is 0 Å². The van der Waals surface area contributed by atoms with E-state index in [2.05, 4.69) is 5.32 Å². The van der Waals surface area contributed by atoms with Crippen molar-refractivity contribution in [3.63, 3.8) is 0 Å². The smallest absolute Gasteiger partial charge is 0.370 e. The normalized spacial score (nSPS) is 26.2. The number of epoxide rings is 1. The third-order valence-corrected chi connectivity index (χ3v) is 6.76. The van der Waals surface area contributed by atoms with Crippen molar-refractivity contribution in [1.29, 1.82) is 0 Å². The summed E-state index contributed by atoms with van der Waals surface area (Å²) in [4.78, 5) is 13.2. The standard InChI is InChI=1S/C24H23F6NO2/c1-15(16-11-18(23(25,26)27)13-19(12-16)24(28,29)30)20(32)31-22(17-5-3-2-4-6-17)9-7-21(8-10-22)14-33-21/h2-6,11-13,15H,7-10,14H2,1H3,(H,31,32). The van der Waals surface area contributed by atoms with Gasteiger partial charge in [0.25, 0.3) is 0 Å². The topological polar surface area (TPSA) is 41.6 Å². The first-order chi connectivity index (χ1) is 15.3. The molecule has 1 aliphatic heterocycles. The first kappa shape index (κ1) is 23.6. The minimum atomic E-state index is -4.97. The van der Waals surface area contributed by atoms with E-state index in [0.29, 0.717) is 44.4 Å². The van der Waals surface area contributed by atoms with Gasteiger partial charge in [-0.2, -0.15) is 26.3 Å². The van der Waals surface area contributed by atoms with Crippen molar-refractivity contribution in [1.82, 2.24) is 5.32 Å². The molecule has 1 atom stereocenters. The van der Waals surface area contributed by atoms with Gasteiger partial charge in [-0.05, 0) is 61.9 Å². The number of carbonyl (C=O) groups is 1. The number of hydrogen-bond acceptors (Lipinski definition) is 2. The van der Waals surface area contributed by atoms with Crippen LogP contribution in [0.15, 0.2) is 48.5 Å². The Morgan fingerprint density at radius 3 is 1.88 bits per heavy atom. The first-order valence-electron chi connectivity index (χ1n) is 10.6. The van der Waals surface area contributed by atoms with Crippen LogP contribution in [-0.4, -0.2) is 18.1 Å². The molecular weight excluding hydrogens is 448 g/mol. The summed E-state index contributed by atoms with van der Waals surface area (Å²) in [6.07, 6.45) is -7.41. The van der Waals surface area contributed by atoms with E-state index >= 15 is 0 Å². The summed E-state index contributed by atoms with van der Waals surface area (Å²) >= 11 is 0. The molecular formula is C24H23F6NO2. The maximum Gasteiger partial charge on any atom is 0.416 e. The molecule has 1 aliphatic carbocycles. The van der Waals surface area contributed by atoms with E-state index in [4.69, 9.17) is 4.74 Å². The number of alkyl halides is 6. The fourth-order valence-electron chi connectivity index (χ4n) is 4.49. The van der Waals surface area contributed by atoms with Gasteiger partial charge in [-0.25, -0.2) is 0 Å². The van der Waals surface area contributed by atoms with E-state index < -0.39 is 40.8 Å². The second-order valence-electron chi connectivity index (χ2n) is 8.97. The monoisotopic (exact) mass is 471 g/mol. The van der Waals surface area contributed by atoms with Crippen molar-refractivity contribution in [3.05, 3.63) is 70.8 Å². The lowest BCUT2D eigenvalue weighted by Gasteiger charge is -2.41. The Hall–Kier alpha value is -2.55. The SMILES string of the molecule is CC(C(=O)NC1(c2ccccc2)CCC2(CC1)CO2)c1cc(C(F)(F)F)cc(C(F)(F)F)c1. The molecule has 1 N–H and O–H groups in total. The van der Waals surface area contributed by atoms with Gasteiger partial charge in [0.15, 0.2) is 0 Å². The second-order valence-corrected chi connectivity index (χ2v) is 8.97. The van der Waals surface area contributed by atoms with Crippen LogP contribution < -0.4 is 5.32 Å². The van der Waals surface area contributed by atoms with Crippen molar-refractivity contribution >= 4 is 5.91 Å². The number of hydrogen-bond donors (Lipinski definition) is 1. The summed E-state index contributed by atoms with van der Waals surface area (Å²) in [5.74, 6) is -1.85. The van der Waals surface area contributed by atoms with E-state index in [1.54, 1.807) is 0 Å². The molecule has 2 fully saturated rings. The zero-order chi connectivity index (χ0) is 24.1. The van der Waals surface area contributed by atoms with Gasteiger partial charge in [0.2, 0.25) is 5.91 Å². The molecule has 0 bridgehead atoms. The van der Waals surface area contributed by atoms with Crippen molar-refractivity contribution in [2.45, 2.75) is 62.0 Å². The van der Waals surface area contributed by atoms with E-state index in [1.165, 1.54) is 6.92 Å². The number of ether oxygens (including phenoxy) is 1. The quantitative estimate of drug-likeness (QED) is 0.427. The summed E-state index contributed by atoms with van der Waals surface area (Å²) in [5.41, 5.74) is -3.29. The van der Waals surface area contributed by atoms with E-state index in [-0.39, 0.29) is 17.2 Å². The molecule has 4 rings (SSSR count). The highest BCUT2D eigenvalue weighted by atomic mass is 19.4. The van der Waals surface area contributed by atoms with Gasteiger partial charge in [-0.3, -0.25) is 4.79 Å². The molecule has 33 heavy (non-hydrogen) atoms. The van der Waals surface area contributed by atoms with Crippen LogP contribution in [0.4, 0.5) is 26.3 Å². The lowest BCUT2D eigenvalue weighted by Crippen LogP contribution is -2.50. The molecule has 1 spiro atoms. The fourth-order valence-corrected chi connectivity index (χ4v) is 4.49. The average Bonchev–Trinajstić information content (AvgIpc) is 3.53. The molecule has 178 valence electrons. The Labute approximate surface area is 187 Å². The van der Waals surface area contributed by atoms with Gasteiger partial charge >= 0.3 is 12.4 Å². The maximum atomic E-state index is 13.3. The van der Waals surface area contributed by atoms with E-state index in [9.17, 15) is 31.1 Å². The highest BCUT2D eigenvalue weighted by molar-refractivity contribution is 5.84. The molecule has 1 heterocycles. The average molecular weight is 471 g/mol. The molecule has 9 heteroatoms. The summed E-state index contributed by atoms with van der Waals surface area (Å²) in [7, 11) is 0. The Morgan fingerprint density at radius 2 is 1.42 bits per heavy atom. The molecule has 1 saturated carbocycles. The largest absolute Gasteiger partial charge is 0.416 e. The maximum absolute atomic E-state index is 13.3. The number of halogens is 6. The van der Waals surface area contributed by atoms with Gasteiger partial charge in [-0.1, -0.05) is 30.3 Å². The molecule has 1 amide bonds.